The van der Waals surface area contributed by atoms with E-state index in [0.29, 0.717) is 6.54 Å². The molecule has 0 aliphatic rings. The molecule has 1 aromatic heterocycles. The summed E-state index contributed by atoms with van der Waals surface area (Å²) in [6.07, 6.45) is 3.45. The zero-order valence-corrected chi connectivity index (χ0v) is 6.90. The second-order valence-electron chi connectivity index (χ2n) is 2.47. The number of hydrogen-bond acceptors (Lipinski definition) is 3. The molecule has 0 saturated carbocycles. The van der Waals surface area contributed by atoms with Crippen LogP contribution in [0.5, 0.6) is 0 Å². The van der Waals surface area contributed by atoms with Crippen molar-refractivity contribution in [3.8, 4) is 0 Å². The van der Waals surface area contributed by atoms with Gasteiger partial charge in [0.2, 0.25) is 5.91 Å². The molecule has 12 heavy (non-hydrogen) atoms. The third-order valence-corrected chi connectivity index (χ3v) is 1.62. The van der Waals surface area contributed by atoms with Gasteiger partial charge in [-0.05, 0) is 13.1 Å². The van der Waals surface area contributed by atoms with Gasteiger partial charge in [-0.2, -0.15) is 5.10 Å². The van der Waals surface area contributed by atoms with Crippen LogP contribution in [-0.2, 0) is 11.3 Å². The average Bonchev–Trinajstić information content (AvgIpc) is 2.51. The van der Waals surface area contributed by atoms with Gasteiger partial charge in [-0.25, -0.2) is 0 Å². The molecule has 1 rings (SSSR count). The Bertz CT molecular complexity index is 244. The van der Waals surface area contributed by atoms with E-state index in [2.05, 4.69) is 10.4 Å². The lowest BCUT2D eigenvalue weighted by Crippen LogP contribution is -2.42. The molecule has 0 aliphatic carbocycles. The maximum absolute atomic E-state index is 10.8. The fraction of sp³-hybridized carbons (Fsp3) is 0.429. The van der Waals surface area contributed by atoms with Crippen LogP contribution < -0.4 is 11.1 Å². The van der Waals surface area contributed by atoms with Crippen LogP contribution in [0.2, 0.25) is 0 Å². The SMILES string of the molecule is CNC(Cn1cccn1)C(N)=O. The first-order chi connectivity index (χ1) is 5.74. The van der Waals surface area contributed by atoms with E-state index in [4.69, 9.17) is 5.73 Å². The van der Waals surface area contributed by atoms with Crippen LogP contribution in [0.3, 0.4) is 0 Å². The molecule has 0 aliphatic heterocycles. The van der Waals surface area contributed by atoms with Crippen LogP contribution in [-0.4, -0.2) is 28.8 Å². The fourth-order valence-electron chi connectivity index (χ4n) is 0.919. The molecule has 0 bridgehead atoms. The zero-order valence-electron chi connectivity index (χ0n) is 6.90. The number of aromatic nitrogens is 2. The Labute approximate surface area is 70.5 Å². The molecular formula is C7H12N4O. The number of amides is 1. The summed E-state index contributed by atoms with van der Waals surface area (Å²) in [7, 11) is 1.69. The summed E-state index contributed by atoms with van der Waals surface area (Å²) < 4.78 is 1.66. The highest BCUT2D eigenvalue weighted by Crippen LogP contribution is 1.89. The smallest absolute Gasteiger partial charge is 0.236 e. The second kappa shape index (κ2) is 3.87. The highest BCUT2D eigenvalue weighted by molar-refractivity contribution is 5.79. The van der Waals surface area contributed by atoms with E-state index < -0.39 is 0 Å². The third kappa shape index (κ3) is 2.06. The van der Waals surface area contributed by atoms with Gasteiger partial charge >= 0.3 is 0 Å². The monoisotopic (exact) mass is 168 g/mol. The van der Waals surface area contributed by atoms with E-state index in [1.807, 2.05) is 0 Å². The van der Waals surface area contributed by atoms with Crippen LogP contribution >= 0.6 is 0 Å². The Morgan fingerprint density at radius 1 is 1.83 bits per heavy atom. The van der Waals surface area contributed by atoms with Crippen molar-refractivity contribution in [2.75, 3.05) is 7.05 Å². The Hall–Kier alpha value is -1.36. The number of carbonyl (C=O) groups excluding carboxylic acids is 1. The van der Waals surface area contributed by atoms with Gasteiger partial charge in [0, 0.05) is 12.4 Å². The van der Waals surface area contributed by atoms with Gasteiger partial charge < -0.3 is 11.1 Å². The van der Waals surface area contributed by atoms with Gasteiger partial charge in [0.1, 0.15) is 6.04 Å². The first-order valence-electron chi connectivity index (χ1n) is 3.68. The predicted molar refractivity (Wildman–Crippen MR) is 44.3 cm³/mol. The lowest BCUT2D eigenvalue weighted by atomic mass is 10.3. The number of carbonyl (C=O) groups is 1. The van der Waals surface area contributed by atoms with Crippen LogP contribution in [0, 0.1) is 0 Å². The maximum atomic E-state index is 10.8. The first kappa shape index (κ1) is 8.73. The Kier molecular flexibility index (Phi) is 2.82. The fourth-order valence-corrected chi connectivity index (χ4v) is 0.919. The Balaban J connectivity index is 2.54. The van der Waals surface area contributed by atoms with Gasteiger partial charge in [0.05, 0.1) is 6.54 Å². The van der Waals surface area contributed by atoms with E-state index in [-0.39, 0.29) is 11.9 Å². The van der Waals surface area contributed by atoms with Gasteiger partial charge in [-0.15, -0.1) is 0 Å². The topological polar surface area (TPSA) is 72.9 Å². The Morgan fingerprint density at radius 3 is 3.00 bits per heavy atom. The number of rotatable bonds is 4. The number of nitrogens with one attached hydrogen (secondary N) is 1. The molecule has 3 N–H and O–H groups in total. The average molecular weight is 168 g/mol. The summed E-state index contributed by atoms with van der Waals surface area (Å²) in [6.45, 7) is 0.471. The lowest BCUT2D eigenvalue weighted by Gasteiger charge is -2.11. The Morgan fingerprint density at radius 2 is 2.58 bits per heavy atom. The highest BCUT2D eigenvalue weighted by atomic mass is 16.1. The van der Waals surface area contributed by atoms with Crippen molar-refractivity contribution < 1.29 is 4.79 Å². The quantitative estimate of drug-likeness (QED) is 0.603. The van der Waals surface area contributed by atoms with Crippen molar-refractivity contribution in [2.24, 2.45) is 5.73 Å². The summed E-state index contributed by atoms with van der Waals surface area (Å²) in [5.41, 5.74) is 5.12. The van der Waals surface area contributed by atoms with Crippen LogP contribution in [0.25, 0.3) is 0 Å². The van der Waals surface area contributed by atoms with E-state index in [0.717, 1.165) is 0 Å². The molecule has 1 aromatic rings. The maximum Gasteiger partial charge on any atom is 0.236 e. The molecule has 1 amide bonds. The van der Waals surface area contributed by atoms with Crippen LogP contribution in [0.1, 0.15) is 0 Å². The molecule has 66 valence electrons. The molecule has 0 spiro atoms. The van der Waals surface area contributed by atoms with Crippen molar-refractivity contribution in [3.05, 3.63) is 18.5 Å². The number of nitrogens with zero attached hydrogens (tertiary/aromatic N) is 2. The van der Waals surface area contributed by atoms with Crippen molar-refractivity contribution in [2.45, 2.75) is 12.6 Å². The van der Waals surface area contributed by atoms with Gasteiger partial charge in [-0.3, -0.25) is 9.48 Å². The van der Waals surface area contributed by atoms with E-state index in [1.54, 1.807) is 30.2 Å². The summed E-state index contributed by atoms with van der Waals surface area (Å²) in [6, 6.07) is 1.44. The molecule has 0 aromatic carbocycles. The van der Waals surface area contributed by atoms with Crippen molar-refractivity contribution in [1.29, 1.82) is 0 Å². The molecule has 5 heteroatoms. The summed E-state index contributed by atoms with van der Waals surface area (Å²) in [4.78, 5) is 10.8. The largest absolute Gasteiger partial charge is 0.368 e. The molecule has 0 fully saturated rings. The minimum Gasteiger partial charge on any atom is -0.368 e. The van der Waals surface area contributed by atoms with E-state index in [1.165, 1.54) is 0 Å². The normalized spacial score (nSPS) is 12.8. The molecular weight excluding hydrogens is 156 g/mol. The van der Waals surface area contributed by atoms with E-state index in [9.17, 15) is 4.79 Å². The molecule has 0 radical (unpaired) electrons. The van der Waals surface area contributed by atoms with Crippen LogP contribution in [0.15, 0.2) is 18.5 Å². The zero-order chi connectivity index (χ0) is 8.97. The number of likely N-dealkylation sites (N-methyl/N-ethyl adjacent to an activating group) is 1. The van der Waals surface area contributed by atoms with Gasteiger partial charge in [0.15, 0.2) is 0 Å². The molecule has 1 heterocycles. The van der Waals surface area contributed by atoms with Crippen LogP contribution in [0.4, 0.5) is 0 Å². The highest BCUT2D eigenvalue weighted by Gasteiger charge is 2.12. The van der Waals surface area contributed by atoms with E-state index >= 15 is 0 Å². The molecule has 1 unspecified atom stereocenters. The van der Waals surface area contributed by atoms with Gasteiger partial charge in [0.25, 0.3) is 0 Å². The third-order valence-electron chi connectivity index (χ3n) is 1.62. The minimum atomic E-state index is -0.368. The van der Waals surface area contributed by atoms with Gasteiger partial charge in [-0.1, -0.05) is 0 Å². The first-order valence-corrected chi connectivity index (χ1v) is 3.68. The summed E-state index contributed by atoms with van der Waals surface area (Å²) >= 11 is 0. The number of hydrogen-bond donors (Lipinski definition) is 2. The number of nitrogens with two attached hydrogens (primary N) is 1. The molecule has 5 nitrogen and oxygen atoms in total. The lowest BCUT2D eigenvalue weighted by molar-refractivity contribution is -0.120. The minimum absolute atomic E-state index is 0.357. The standard InChI is InChI=1S/C7H12N4O/c1-9-6(7(8)12)5-11-4-2-3-10-11/h2-4,6,9H,5H2,1H3,(H2,8,12). The second-order valence-corrected chi connectivity index (χ2v) is 2.47. The summed E-state index contributed by atoms with van der Waals surface area (Å²) in [5.74, 6) is -0.368. The molecule has 0 saturated heterocycles. The van der Waals surface area contributed by atoms with Crippen molar-refractivity contribution in [1.82, 2.24) is 15.1 Å². The predicted octanol–water partition coefficient (Wildman–Crippen LogP) is -1.04. The number of primary amides is 1. The van der Waals surface area contributed by atoms with Crippen molar-refractivity contribution >= 4 is 5.91 Å². The molecule has 1 atom stereocenters. The summed E-state index contributed by atoms with van der Waals surface area (Å²) in [5, 5.41) is 6.76. The van der Waals surface area contributed by atoms with Crippen molar-refractivity contribution in [3.63, 3.8) is 0 Å².